The number of halogens is 1. The lowest BCUT2D eigenvalue weighted by Gasteiger charge is -2.16. The molecule has 2 aromatic rings. The number of hydrogen-bond acceptors (Lipinski definition) is 5. The molecule has 0 amide bonds. The molecule has 2 heterocycles. The van der Waals surface area contributed by atoms with Crippen LogP contribution in [0.5, 0.6) is 0 Å². The summed E-state index contributed by atoms with van der Waals surface area (Å²) in [6.45, 7) is 6.10. The maximum absolute atomic E-state index is 12.5. The van der Waals surface area contributed by atoms with Gasteiger partial charge in [0.1, 0.15) is 4.21 Å². The van der Waals surface area contributed by atoms with Crippen LogP contribution in [0.1, 0.15) is 24.3 Å². The smallest absolute Gasteiger partial charge is 0.252 e. The molecule has 2 rings (SSSR count). The van der Waals surface area contributed by atoms with Gasteiger partial charge in [0.2, 0.25) is 0 Å². The van der Waals surface area contributed by atoms with Gasteiger partial charge < -0.3 is 10.6 Å². The summed E-state index contributed by atoms with van der Waals surface area (Å²) in [5.41, 5.74) is 1.22. The van der Waals surface area contributed by atoms with E-state index < -0.39 is 10.0 Å². The Morgan fingerprint density at radius 3 is 2.52 bits per heavy atom. The molecule has 0 radical (unpaired) electrons. The van der Waals surface area contributed by atoms with Crippen molar-refractivity contribution in [2.45, 2.75) is 31.0 Å². The van der Waals surface area contributed by atoms with Crippen LogP contribution < -0.4 is 10.6 Å². The SMILES string of the molecule is CCN(CC)S(=O)(=O)c1ccc(CCNC(=NC)NCc2ccsc2)s1.I. The lowest BCUT2D eigenvalue weighted by molar-refractivity contribution is 0.447. The molecule has 0 saturated carbocycles. The average Bonchev–Trinajstić information content (AvgIpc) is 3.30. The van der Waals surface area contributed by atoms with Crippen molar-refractivity contribution < 1.29 is 8.42 Å². The Labute approximate surface area is 187 Å². The highest BCUT2D eigenvalue weighted by Crippen LogP contribution is 2.25. The van der Waals surface area contributed by atoms with Gasteiger partial charge in [-0.3, -0.25) is 4.99 Å². The van der Waals surface area contributed by atoms with Crippen LogP contribution in [0.3, 0.4) is 0 Å². The lowest BCUT2D eigenvalue weighted by Crippen LogP contribution is -2.37. The molecule has 0 unspecified atom stereocenters. The Morgan fingerprint density at radius 1 is 1.19 bits per heavy atom. The summed E-state index contributed by atoms with van der Waals surface area (Å²) in [4.78, 5) is 5.25. The van der Waals surface area contributed by atoms with Gasteiger partial charge in [0.05, 0.1) is 0 Å². The van der Waals surface area contributed by atoms with E-state index in [1.165, 1.54) is 21.2 Å². The molecule has 0 bridgehead atoms. The molecular formula is C17H27IN4O2S3. The fourth-order valence-corrected chi connectivity index (χ4v) is 6.06. The summed E-state index contributed by atoms with van der Waals surface area (Å²) in [6.07, 6.45) is 0.748. The molecule has 2 aromatic heterocycles. The first-order chi connectivity index (χ1) is 12.5. The quantitative estimate of drug-likeness (QED) is 0.290. The molecule has 0 fully saturated rings. The molecule has 0 spiro atoms. The minimum absolute atomic E-state index is 0. The molecule has 0 saturated heterocycles. The molecule has 0 aliphatic heterocycles. The predicted molar refractivity (Wildman–Crippen MR) is 126 cm³/mol. The highest BCUT2D eigenvalue weighted by Gasteiger charge is 2.23. The van der Waals surface area contributed by atoms with Gasteiger partial charge in [0.15, 0.2) is 5.96 Å². The minimum atomic E-state index is -3.36. The van der Waals surface area contributed by atoms with E-state index in [4.69, 9.17) is 0 Å². The second-order valence-electron chi connectivity index (χ2n) is 5.54. The van der Waals surface area contributed by atoms with Crippen molar-refractivity contribution in [3.05, 3.63) is 39.4 Å². The second-order valence-corrected chi connectivity index (χ2v) is 9.66. The van der Waals surface area contributed by atoms with Crippen LogP contribution >= 0.6 is 46.7 Å². The Morgan fingerprint density at radius 2 is 1.93 bits per heavy atom. The summed E-state index contributed by atoms with van der Waals surface area (Å²) >= 11 is 3.01. The standard InChI is InChI=1S/C17H26N4O2S3.HI/c1-4-21(5-2)26(22,23)16-7-6-15(25-16)8-10-19-17(18-3)20-12-14-9-11-24-13-14;/h6-7,9,11,13H,4-5,8,10,12H2,1-3H3,(H2,18,19,20);1H. The van der Waals surface area contributed by atoms with Crippen LogP contribution in [0.25, 0.3) is 0 Å². The Balaban J connectivity index is 0.00000364. The van der Waals surface area contributed by atoms with E-state index >= 15 is 0 Å². The molecule has 0 aliphatic rings. The van der Waals surface area contributed by atoms with E-state index in [0.29, 0.717) is 23.8 Å². The van der Waals surface area contributed by atoms with E-state index in [1.807, 2.05) is 25.3 Å². The van der Waals surface area contributed by atoms with Crippen LogP contribution in [0.4, 0.5) is 0 Å². The maximum Gasteiger partial charge on any atom is 0.252 e. The predicted octanol–water partition coefficient (Wildman–Crippen LogP) is 3.37. The van der Waals surface area contributed by atoms with E-state index in [9.17, 15) is 8.42 Å². The zero-order chi connectivity index (χ0) is 19.0. The second kappa shape index (κ2) is 12.0. The fraction of sp³-hybridized carbons (Fsp3) is 0.471. The number of hydrogen-bond donors (Lipinski definition) is 2. The van der Waals surface area contributed by atoms with Crippen LogP contribution in [0.2, 0.25) is 0 Å². The van der Waals surface area contributed by atoms with Crippen LogP contribution in [-0.4, -0.2) is 45.4 Å². The summed E-state index contributed by atoms with van der Waals surface area (Å²) in [6, 6.07) is 5.68. The van der Waals surface area contributed by atoms with E-state index in [2.05, 4.69) is 27.1 Å². The third kappa shape index (κ3) is 7.00. The van der Waals surface area contributed by atoms with Crippen molar-refractivity contribution in [1.82, 2.24) is 14.9 Å². The van der Waals surface area contributed by atoms with Gasteiger partial charge in [-0.15, -0.1) is 35.3 Å². The van der Waals surface area contributed by atoms with E-state index in [1.54, 1.807) is 24.5 Å². The number of sulfonamides is 1. The Kier molecular flexibility index (Phi) is 10.8. The highest BCUT2D eigenvalue weighted by atomic mass is 127. The molecule has 10 heteroatoms. The van der Waals surface area contributed by atoms with Crippen molar-refractivity contribution in [2.75, 3.05) is 26.7 Å². The van der Waals surface area contributed by atoms with Crippen molar-refractivity contribution in [1.29, 1.82) is 0 Å². The molecule has 27 heavy (non-hydrogen) atoms. The topological polar surface area (TPSA) is 73.8 Å². The summed E-state index contributed by atoms with van der Waals surface area (Å²) in [5, 5.41) is 10.7. The molecule has 0 aromatic carbocycles. The van der Waals surface area contributed by atoms with Gasteiger partial charge in [-0.25, -0.2) is 8.42 Å². The number of nitrogens with one attached hydrogen (secondary N) is 2. The highest BCUT2D eigenvalue weighted by molar-refractivity contribution is 14.0. The first-order valence-electron chi connectivity index (χ1n) is 8.55. The summed E-state index contributed by atoms with van der Waals surface area (Å²) in [7, 11) is -1.62. The maximum atomic E-state index is 12.5. The summed E-state index contributed by atoms with van der Waals surface area (Å²) < 4.78 is 26.9. The summed E-state index contributed by atoms with van der Waals surface area (Å²) in [5.74, 6) is 0.740. The van der Waals surface area contributed by atoms with Crippen molar-refractivity contribution in [2.24, 2.45) is 4.99 Å². The lowest BCUT2D eigenvalue weighted by atomic mass is 10.3. The van der Waals surface area contributed by atoms with Crippen molar-refractivity contribution in [3.63, 3.8) is 0 Å². The van der Waals surface area contributed by atoms with E-state index in [0.717, 1.165) is 23.8 Å². The van der Waals surface area contributed by atoms with Crippen molar-refractivity contribution >= 4 is 62.6 Å². The fourth-order valence-electron chi connectivity index (χ4n) is 2.43. The Bertz CT molecular complexity index is 800. The number of nitrogens with zero attached hydrogens (tertiary/aromatic N) is 2. The van der Waals surface area contributed by atoms with Gasteiger partial charge in [0, 0.05) is 38.1 Å². The number of guanidine groups is 1. The zero-order valence-electron chi connectivity index (χ0n) is 15.8. The third-order valence-electron chi connectivity index (χ3n) is 3.86. The normalized spacial score (nSPS) is 12.1. The molecule has 0 atom stereocenters. The minimum Gasteiger partial charge on any atom is -0.356 e. The van der Waals surface area contributed by atoms with Gasteiger partial charge >= 0.3 is 0 Å². The molecule has 152 valence electrons. The van der Waals surface area contributed by atoms with Crippen LogP contribution in [-0.2, 0) is 23.0 Å². The van der Waals surface area contributed by atoms with Crippen molar-refractivity contribution in [3.8, 4) is 0 Å². The van der Waals surface area contributed by atoms with E-state index in [-0.39, 0.29) is 24.0 Å². The molecule has 2 N–H and O–H groups in total. The Hall–Kier alpha value is -0.690. The van der Waals surface area contributed by atoms with Gasteiger partial charge in [-0.05, 0) is 40.9 Å². The number of thiophene rings is 2. The van der Waals surface area contributed by atoms with Gasteiger partial charge in [-0.1, -0.05) is 13.8 Å². The third-order valence-corrected chi connectivity index (χ3v) is 8.26. The van der Waals surface area contributed by atoms with Crippen LogP contribution in [0, 0.1) is 0 Å². The van der Waals surface area contributed by atoms with Gasteiger partial charge in [-0.2, -0.15) is 15.6 Å². The zero-order valence-corrected chi connectivity index (χ0v) is 20.5. The van der Waals surface area contributed by atoms with Crippen LogP contribution in [0.15, 0.2) is 38.2 Å². The number of rotatable bonds is 9. The average molecular weight is 543 g/mol. The van der Waals surface area contributed by atoms with Gasteiger partial charge in [0.25, 0.3) is 10.0 Å². The number of aliphatic imine (C=N–C) groups is 1. The molecule has 6 nitrogen and oxygen atoms in total. The molecule has 0 aliphatic carbocycles. The monoisotopic (exact) mass is 542 g/mol. The first-order valence-corrected chi connectivity index (χ1v) is 11.8. The molecular weight excluding hydrogens is 515 g/mol. The largest absolute Gasteiger partial charge is 0.356 e. The first kappa shape index (κ1) is 24.3.